The topological polar surface area (TPSA) is 88.8 Å². The van der Waals surface area contributed by atoms with E-state index in [9.17, 15) is 9.59 Å². The maximum absolute atomic E-state index is 11.8. The number of benzene rings is 1. The molecular formula is C17H21NO5. The summed E-state index contributed by atoms with van der Waals surface area (Å²) in [7, 11) is 0. The molecule has 2 aromatic rings. The molecular weight excluding hydrogens is 298 g/mol. The molecule has 1 heterocycles. The van der Waals surface area contributed by atoms with E-state index < -0.39 is 11.7 Å². The zero-order chi connectivity index (χ0) is 16.8. The number of carbonyl (C=O) groups excluding carboxylic acids is 1. The van der Waals surface area contributed by atoms with Crippen LogP contribution in [0.15, 0.2) is 33.5 Å². The molecule has 0 aliphatic heterocycles. The molecule has 2 N–H and O–H groups in total. The van der Waals surface area contributed by atoms with Crippen molar-refractivity contribution >= 4 is 16.9 Å². The number of ether oxygens (including phenoxy) is 1. The zero-order valence-corrected chi connectivity index (χ0v) is 13.3. The largest absolute Gasteiger partial charge is 0.481 e. The summed E-state index contributed by atoms with van der Waals surface area (Å²) >= 11 is 0. The summed E-state index contributed by atoms with van der Waals surface area (Å²) < 4.78 is 10.8. The van der Waals surface area contributed by atoms with Gasteiger partial charge in [0, 0.05) is 30.7 Å². The van der Waals surface area contributed by atoms with Crippen molar-refractivity contribution in [3.63, 3.8) is 0 Å². The lowest BCUT2D eigenvalue weighted by atomic mass is 10.1. The molecule has 6 heteroatoms. The van der Waals surface area contributed by atoms with Gasteiger partial charge >= 0.3 is 5.63 Å². The van der Waals surface area contributed by atoms with E-state index in [1.165, 1.54) is 6.07 Å². The van der Waals surface area contributed by atoms with E-state index in [1.807, 2.05) is 13.0 Å². The predicted octanol–water partition coefficient (Wildman–Crippen LogP) is 1.62. The lowest BCUT2D eigenvalue weighted by Gasteiger charge is -2.15. The normalized spacial score (nSPS) is 12.1. The van der Waals surface area contributed by atoms with E-state index in [1.54, 1.807) is 19.1 Å². The van der Waals surface area contributed by atoms with Crippen molar-refractivity contribution in [3.05, 3.63) is 40.2 Å². The van der Waals surface area contributed by atoms with Gasteiger partial charge in [0.2, 0.25) is 0 Å². The molecule has 0 spiro atoms. The molecule has 1 amide bonds. The third-order valence-corrected chi connectivity index (χ3v) is 3.50. The van der Waals surface area contributed by atoms with Crippen LogP contribution in [0.5, 0.6) is 5.75 Å². The molecule has 124 valence electrons. The second-order valence-corrected chi connectivity index (χ2v) is 5.23. The molecule has 0 bridgehead atoms. The molecule has 1 aromatic heterocycles. The van der Waals surface area contributed by atoms with Crippen LogP contribution in [0.4, 0.5) is 0 Å². The van der Waals surface area contributed by atoms with E-state index in [-0.39, 0.29) is 12.5 Å². The minimum Gasteiger partial charge on any atom is -0.481 e. The van der Waals surface area contributed by atoms with Crippen LogP contribution in [0.1, 0.15) is 25.8 Å². The van der Waals surface area contributed by atoms with Crippen LogP contribution in [0.25, 0.3) is 11.0 Å². The molecule has 6 nitrogen and oxygen atoms in total. The summed E-state index contributed by atoms with van der Waals surface area (Å²) in [6.45, 7) is 4.03. The van der Waals surface area contributed by atoms with E-state index in [2.05, 4.69) is 5.32 Å². The SMILES string of the molecule is CCc1cc(=O)oc2cc(O[C@@H](C)C(=O)NCCCO)ccc12. The highest BCUT2D eigenvalue weighted by atomic mass is 16.5. The molecule has 0 aliphatic rings. The van der Waals surface area contributed by atoms with Gasteiger partial charge in [0.15, 0.2) is 6.10 Å². The van der Waals surface area contributed by atoms with E-state index >= 15 is 0 Å². The number of carbonyl (C=O) groups is 1. The molecule has 0 fully saturated rings. The molecule has 0 saturated carbocycles. The first-order valence-corrected chi connectivity index (χ1v) is 7.67. The number of nitrogens with one attached hydrogen (secondary N) is 1. The molecule has 0 saturated heterocycles. The first-order chi connectivity index (χ1) is 11.0. The van der Waals surface area contributed by atoms with Crippen molar-refractivity contribution in [1.29, 1.82) is 0 Å². The van der Waals surface area contributed by atoms with Gasteiger partial charge in [0.1, 0.15) is 11.3 Å². The summed E-state index contributed by atoms with van der Waals surface area (Å²) in [6, 6.07) is 6.68. The Hall–Kier alpha value is -2.34. The molecule has 23 heavy (non-hydrogen) atoms. The van der Waals surface area contributed by atoms with Crippen LogP contribution < -0.4 is 15.7 Å². The number of aliphatic hydroxyl groups is 1. The Kier molecular flexibility index (Phi) is 5.76. The number of fused-ring (bicyclic) bond motifs is 1. The quantitative estimate of drug-likeness (QED) is 0.598. The molecule has 0 unspecified atom stereocenters. The highest BCUT2D eigenvalue weighted by Gasteiger charge is 2.15. The minimum absolute atomic E-state index is 0.0268. The smallest absolute Gasteiger partial charge is 0.336 e. The maximum atomic E-state index is 11.8. The number of hydrogen-bond donors (Lipinski definition) is 2. The third-order valence-electron chi connectivity index (χ3n) is 3.50. The lowest BCUT2D eigenvalue weighted by Crippen LogP contribution is -2.37. The number of rotatable bonds is 7. The van der Waals surface area contributed by atoms with Gasteiger partial charge < -0.3 is 19.6 Å². The molecule has 1 aromatic carbocycles. The molecule has 0 radical (unpaired) electrons. The van der Waals surface area contributed by atoms with Gasteiger partial charge in [-0.1, -0.05) is 6.92 Å². The maximum Gasteiger partial charge on any atom is 0.336 e. The van der Waals surface area contributed by atoms with Crippen molar-refractivity contribution in [1.82, 2.24) is 5.32 Å². The second-order valence-electron chi connectivity index (χ2n) is 5.23. The first kappa shape index (κ1) is 17.0. The molecule has 0 aliphatic carbocycles. The highest BCUT2D eigenvalue weighted by molar-refractivity contribution is 5.82. The first-order valence-electron chi connectivity index (χ1n) is 7.67. The average Bonchev–Trinajstić information content (AvgIpc) is 2.53. The fraction of sp³-hybridized carbons (Fsp3) is 0.412. The minimum atomic E-state index is -0.688. The molecule has 2 rings (SSSR count). The summed E-state index contributed by atoms with van der Waals surface area (Å²) in [5.41, 5.74) is 0.957. The van der Waals surface area contributed by atoms with Crippen LogP contribution >= 0.6 is 0 Å². The van der Waals surface area contributed by atoms with Crippen LogP contribution in [-0.4, -0.2) is 30.3 Å². The van der Waals surface area contributed by atoms with Gasteiger partial charge in [-0.05, 0) is 37.5 Å². The number of hydrogen-bond acceptors (Lipinski definition) is 5. The monoisotopic (exact) mass is 319 g/mol. The van der Waals surface area contributed by atoms with Crippen molar-refractivity contribution in [3.8, 4) is 5.75 Å². The highest BCUT2D eigenvalue weighted by Crippen LogP contribution is 2.23. The van der Waals surface area contributed by atoms with E-state index in [4.69, 9.17) is 14.3 Å². The van der Waals surface area contributed by atoms with Gasteiger partial charge in [-0.2, -0.15) is 0 Å². The van der Waals surface area contributed by atoms with Crippen LogP contribution in [0.3, 0.4) is 0 Å². The van der Waals surface area contributed by atoms with Gasteiger partial charge in [-0.25, -0.2) is 4.79 Å². The molecule has 1 atom stereocenters. The predicted molar refractivity (Wildman–Crippen MR) is 86.7 cm³/mol. The van der Waals surface area contributed by atoms with Crippen LogP contribution in [0, 0.1) is 0 Å². The van der Waals surface area contributed by atoms with Crippen molar-refractivity contribution in [2.75, 3.05) is 13.2 Å². The van der Waals surface area contributed by atoms with Crippen molar-refractivity contribution in [2.24, 2.45) is 0 Å². The number of aliphatic hydroxyl groups excluding tert-OH is 1. The summed E-state index contributed by atoms with van der Waals surface area (Å²) in [4.78, 5) is 23.4. The van der Waals surface area contributed by atoms with Crippen LogP contribution in [-0.2, 0) is 11.2 Å². The Balaban J connectivity index is 2.14. The number of aryl methyl sites for hydroxylation is 1. The number of amides is 1. The Morgan fingerprint density at radius 2 is 2.17 bits per heavy atom. The Morgan fingerprint density at radius 1 is 1.39 bits per heavy atom. The lowest BCUT2D eigenvalue weighted by molar-refractivity contribution is -0.127. The Morgan fingerprint density at radius 3 is 2.87 bits per heavy atom. The fourth-order valence-electron chi connectivity index (χ4n) is 2.27. The Labute approximate surface area is 134 Å². The summed E-state index contributed by atoms with van der Waals surface area (Å²) in [5.74, 6) is 0.195. The third kappa shape index (κ3) is 4.32. The summed E-state index contributed by atoms with van der Waals surface area (Å²) in [6.07, 6.45) is 0.540. The van der Waals surface area contributed by atoms with Crippen LogP contribution in [0.2, 0.25) is 0 Å². The van der Waals surface area contributed by atoms with Gasteiger partial charge in [0.25, 0.3) is 5.91 Å². The van der Waals surface area contributed by atoms with E-state index in [0.717, 1.165) is 17.4 Å². The fourth-order valence-corrected chi connectivity index (χ4v) is 2.27. The zero-order valence-electron chi connectivity index (χ0n) is 13.3. The summed E-state index contributed by atoms with van der Waals surface area (Å²) in [5, 5.41) is 12.2. The second kappa shape index (κ2) is 7.78. The average molecular weight is 319 g/mol. The van der Waals surface area contributed by atoms with Gasteiger partial charge in [-0.3, -0.25) is 4.79 Å². The van der Waals surface area contributed by atoms with Crippen molar-refractivity contribution in [2.45, 2.75) is 32.8 Å². The van der Waals surface area contributed by atoms with Gasteiger partial charge in [0.05, 0.1) is 0 Å². The van der Waals surface area contributed by atoms with Gasteiger partial charge in [-0.15, -0.1) is 0 Å². The standard InChI is InChI=1S/C17H21NO5/c1-3-12-9-16(20)23-15-10-13(5-6-14(12)15)22-11(2)17(21)18-7-4-8-19/h5-6,9-11,19H,3-4,7-8H2,1-2H3,(H,18,21)/t11-/m0/s1. The van der Waals surface area contributed by atoms with E-state index in [0.29, 0.717) is 24.3 Å². The van der Waals surface area contributed by atoms with Crippen molar-refractivity contribution < 1.29 is 19.1 Å². The Bertz CT molecular complexity index is 737.